The fourth-order valence-corrected chi connectivity index (χ4v) is 1.82. The van der Waals surface area contributed by atoms with Gasteiger partial charge >= 0.3 is 0 Å². The molecule has 0 aromatic heterocycles. The molecule has 12 heavy (non-hydrogen) atoms. The van der Waals surface area contributed by atoms with Crippen molar-refractivity contribution in [3.05, 3.63) is 41.8 Å². The van der Waals surface area contributed by atoms with Crippen molar-refractivity contribution in [2.24, 2.45) is 0 Å². The first kappa shape index (κ1) is 10.1. The summed E-state index contributed by atoms with van der Waals surface area (Å²) in [6.45, 7) is 0. The van der Waals surface area contributed by atoms with Crippen molar-refractivity contribution >= 4 is 34.4 Å². The molecule has 0 radical (unpaired) electrons. The number of rotatable bonds is 4. The second-order valence-electron chi connectivity index (χ2n) is 2.28. The minimum absolute atomic E-state index is 1.17. The van der Waals surface area contributed by atoms with Gasteiger partial charge in [0, 0.05) is 9.32 Å². The molecule has 0 amide bonds. The highest BCUT2D eigenvalue weighted by atomic mass is 127. The summed E-state index contributed by atoms with van der Waals surface area (Å²) in [5, 5.41) is 2.16. The topological polar surface area (TPSA) is 0 Å². The molecule has 0 atom stereocenters. The Balaban J connectivity index is 2.33. The third-order valence-corrected chi connectivity index (χ3v) is 2.82. The lowest BCUT2D eigenvalue weighted by molar-refractivity contribution is 1.28. The maximum atomic E-state index is 2.38. The zero-order chi connectivity index (χ0) is 8.65. The molecule has 0 unspecified atom stereocenters. The van der Waals surface area contributed by atoms with Gasteiger partial charge in [-0.2, -0.15) is 0 Å². The zero-order valence-corrected chi connectivity index (χ0v) is 9.72. The third kappa shape index (κ3) is 4.16. The smallest absolute Gasteiger partial charge is 0.0116 e. The Morgan fingerprint density at radius 2 is 2.00 bits per heavy atom. The van der Waals surface area contributed by atoms with Crippen LogP contribution in [0.3, 0.4) is 0 Å². The van der Waals surface area contributed by atoms with Gasteiger partial charge in [0.15, 0.2) is 0 Å². The van der Waals surface area contributed by atoms with Crippen molar-refractivity contribution < 1.29 is 0 Å². The summed E-state index contributed by atoms with van der Waals surface area (Å²) in [6, 6.07) is 10.4. The largest absolute Gasteiger partial charge is 0.0984 e. The van der Waals surface area contributed by atoms with E-state index in [1.54, 1.807) is 11.8 Å². The van der Waals surface area contributed by atoms with Gasteiger partial charge in [-0.1, -0.05) is 58.6 Å². The number of alkyl halides is 1. The summed E-state index contributed by atoms with van der Waals surface area (Å²) < 4.78 is 1.20. The van der Waals surface area contributed by atoms with Crippen LogP contribution in [0.25, 0.3) is 0 Å². The van der Waals surface area contributed by atoms with Crippen LogP contribution in [0.4, 0.5) is 0 Å². The Bertz CT molecular complexity index is 231. The predicted octanol–water partition coefficient (Wildman–Crippen LogP) is 4.12. The Morgan fingerprint density at radius 1 is 1.25 bits per heavy atom. The molecule has 1 aromatic rings. The van der Waals surface area contributed by atoms with E-state index in [1.165, 1.54) is 15.7 Å². The molecule has 0 saturated carbocycles. The van der Waals surface area contributed by atoms with Crippen molar-refractivity contribution in [1.29, 1.82) is 0 Å². The van der Waals surface area contributed by atoms with E-state index in [4.69, 9.17) is 0 Å². The minimum atomic E-state index is 1.17. The lowest BCUT2D eigenvalue weighted by atomic mass is 10.4. The van der Waals surface area contributed by atoms with Crippen molar-refractivity contribution in [3.8, 4) is 0 Å². The SMILES string of the molecule is ICC/C=C/Sc1ccccc1. The maximum Gasteiger partial charge on any atom is 0.0116 e. The molecule has 0 aliphatic rings. The number of allylic oxidation sites excluding steroid dienone is 1. The molecule has 0 spiro atoms. The molecule has 0 bridgehead atoms. The molecule has 0 aliphatic heterocycles. The first-order valence-electron chi connectivity index (χ1n) is 3.86. The van der Waals surface area contributed by atoms with Crippen LogP contribution in [-0.2, 0) is 0 Å². The van der Waals surface area contributed by atoms with Gasteiger partial charge in [0.25, 0.3) is 0 Å². The summed E-state index contributed by atoms with van der Waals surface area (Å²) in [7, 11) is 0. The van der Waals surface area contributed by atoms with Crippen LogP contribution in [0.2, 0.25) is 0 Å². The average molecular weight is 290 g/mol. The number of hydrogen-bond donors (Lipinski definition) is 0. The Labute approximate surface area is 91.6 Å². The summed E-state index contributed by atoms with van der Waals surface area (Å²) in [6.07, 6.45) is 3.38. The Kier molecular flexibility index (Phi) is 5.52. The average Bonchev–Trinajstić information content (AvgIpc) is 2.14. The molecular formula is C10H11IS. The van der Waals surface area contributed by atoms with Gasteiger partial charge in [0.05, 0.1) is 0 Å². The Morgan fingerprint density at radius 3 is 2.67 bits per heavy atom. The lowest BCUT2D eigenvalue weighted by Gasteiger charge is -1.92. The second-order valence-corrected chi connectivity index (χ2v) is 4.34. The van der Waals surface area contributed by atoms with Gasteiger partial charge in [0.2, 0.25) is 0 Å². The van der Waals surface area contributed by atoms with Crippen LogP contribution in [0.5, 0.6) is 0 Å². The monoisotopic (exact) mass is 290 g/mol. The summed E-state index contributed by atoms with van der Waals surface area (Å²) in [5.74, 6) is 0. The van der Waals surface area contributed by atoms with Crippen molar-refractivity contribution in [2.45, 2.75) is 11.3 Å². The van der Waals surface area contributed by atoms with E-state index in [2.05, 4.69) is 58.3 Å². The number of halogens is 1. The molecule has 0 N–H and O–H groups in total. The molecule has 64 valence electrons. The fraction of sp³-hybridized carbons (Fsp3) is 0.200. The molecule has 0 fully saturated rings. The second kappa shape index (κ2) is 6.54. The summed E-state index contributed by atoms with van der Waals surface area (Å²) in [4.78, 5) is 1.31. The van der Waals surface area contributed by atoms with Crippen LogP contribution < -0.4 is 0 Å². The van der Waals surface area contributed by atoms with Crippen LogP contribution in [-0.4, -0.2) is 4.43 Å². The standard InChI is InChI=1S/C10H11IS/c11-8-4-5-9-12-10-6-2-1-3-7-10/h1-3,5-7,9H,4,8H2/b9-5+. The van der Waals surface area contributed by atoms with Gasteiger partial charge in [-0.05, 0) is 24.0 Å². The van der Waals surface area contributed by atoms with E-state index in [9.17, 15) is 0 Å². The van der Waals surface area contributed by atoms with E-state index in [-0.39, 0.29) is 0 Å². The van der Waals surface area contributed by atoms with Crippen molar-refractivity contribution in [2.75, 3.05) is 4.43 Å². The molecule has 0 aliphatic carbocycles. The van der Waals surface area contributed by atoms with E-state index in [1.807, 2.05) is 6.07 Å². The van der Waals surface area contributed by atoms with Crippen molar-refractivity contribution in [1.82, 2.24) is 0 Å². The molecule has 0 saturated heterocycles. The fourth-order valence-electron chi connectivity index (χ4n) is 0.757. The van der Waals surface area contributed by atoms with Crippen molar-refractivity contribution in [3.63, 3.8) is 0 Å². The first-order chi connectivity index (χ1) is 5.93. The number of benzene rings is 1. The van der Waals surface area contributed by atoms with E-state index >= 15 is 0 Å². The zero-order valence-electron chi connectivity index (χ0n) is 6.74. The van der Waals surface area contributed by atoms with Crippen LogP contribution in [0, 0.1) is 0 Å². The highest BCUT2D eigenvalue weighted by Crippen LogP contribution is 2.18. The van der Waals surface area contributed by atoms with Gasteiger partial charge in [-0.15, -0.1) is 0 Å². The lowest BCUT2D eigenvalue weighted by Crippen LogP contribution is -1.66. The van der Waals surface area contributed by atoms with E-state index in [0.717, 1.165) is 0 Å². The van der Waals surface area contributed by atoms with Gasteiger partial charge in [-0.25, -0.2) is 0 Å². The first-order valence-corrected chi connectivity index (χ1v) is 6.26. The van der Waals surface area contributed by atoms with Crippen LogP contribution in [0.1, 0.15) is 6.42 Å². The van der Waals surface area contributed by atoms with E-state index < -0.39 is 0 Å². The maximum absolute atomic E-state index is 2.38. The molecular weight excluding hydrogens is 279 g/mol. The van der Waals surface area contributed by atoms with E-state index in [0.29, 0.717) is 0 Å². The van der Waals surface area contributed by atoms with Gasteiger partial charge in [0.1, 0.15) is 0 Å². The summed E-state index contributed by atoms with van der Waals surface area (Å²) in [5.41, 5.74) is 0. The molecule has 0 heterocycles. The third-order valence-electron chi connectivity index (χ3n) is 1.32. The normalized spacial score (nSPS) is 10.8. The highest BCUT2D eigenvalue weighted by Gasteiger charge is 1.85. The number of hydrogen-bond acceptors (Lipinski definition) is 1. The molecule has 1 rings (SSSR count). The quantitative estimate of drug-likeness (QED) is 0.457. The summed E-state index contributed by atoms with van der Waals surface area (Å²) >= 11 is 4.16. The number of thioether (sulfide) groups is 1. The van der Waals surface area contributed by atoms with Crippen LogP contribution >= 0.6 is 34.4 Å². The predicted molar refractivity (Wildman–Crippen MR) is 64.9 cm³/mol. The van der Waals surface area contributed by atoms with Crippen LogP contribution in [0.15, 0.2) is 46.7 Å². The minimum Gasteiger partial charge on any atom is -0.0984 e. The highest BCUT2D eigenvalue weighted by molar-refractivity contribution is 14.1. The molecule has 2 heteroatoms. The molecule has 0 nitrogen and oxygen atoms in total. The van der Waals surface area contributed by atoms with Gasteiger partial charge < -0.3 is 0 Å². The molecule has 1 aromatic carbocycles. The Hall–Kier alpha value is 0.0400. The van der Waals surface area contributed by atoms with Gasteiger partial charge in [-0.3, -0.25) is 0 Å².